The van der Waals surface area contributed by atoms with E-state index < -0.39 is 0 Å². The Morgan fingerprint density at radius 2 is 1.24 bits per heavy atom. The molecule has 88 valence electrons. The predicted octanol–water partition coefficient (Wildman–Crippen LogP) is 3.75. The van der Waals surface area contributed by atoms with Crippen molar-refractivity contribution in [3.63, 3.8) is 0 Å². The standard InChI is InChI=1S/C15H16ClP/c16-12-7-13-17(14-8-3-1-4-9-14)15-10-5-2-6-11-15/h1-6,8-11H,7,12-13H2. The Bertz CT molecular complexity index is 388. The van der Waals surface area contributed by atoms with Gasteiger partial charge < -0.3 is 0 Å². The zero-order valence-corrected chi connectivity index (χ0v) is 11.4. The van der Waals surface area contributed by atoms with E-state index in [1.807, 2.05) is 0 Å². The van der Waals surface area contributed by atoms with Crippen molar-refractivity contribution in [1.29, 1.82) is 0 Å². The van der Waals surface area contributed by atoms with Crippen molar-refractivity contribution < 1.29 is 0 Å². The summed E-state index contributed by atoms with van der Waals surface area (Å²) in [6.45, 7) is 0. The molecule has 0 aliphatic rings. The lowest BCUT2D eigenvalue weighted by molar-refractivity contribution is 1.11. The van der Waals surface area contributed by atoms with Gasteiger partial charge in [-0.25, -0.2) is 0 Å². The summed E-state index contributed by atoms with van der Waals surface area (Å²) in [7, 11) is -0.241. The third-order valence-electron chi connectivity index (χ3n) is 2.65. The molecule has 0 amide bonds. The number of alkyl halides is 1. The Morgan fingerprint density at radius 1 is 0.765 bits per heavy atom. The molecule has 0 unspecified atom stereocenters. The highest BCUT2D eigenvalue weighted by Gasteiger charge is 2.12. The summed E-state index contributed by atoms with van der Waals surface area (Å²) in [5.74, 6) is 0.749. The molecule has 2 aromatic rings. The first kappa shape index (κ1) is 12.6. The molecule has 2 rings (SSSR count). The average molecular weight is 263 g/mol. The van der Waals surface area contributed by atoms with E-state index in [1.54, 1.807) is 0 Å². The first-order valence-corrected chi connectivity index (χ1v) is 7.91. The van der Waals surface area contributed by atoms with Crippen LogP contribution in [0.15, 0.2) is 60.7 Å². The normalized spacial score (nSPS) is 10.7. The molecule has 0 radical (unpaired) electrons. The second-order valence-corrected chi connectivity index (χ2v) is 6.58. The summed E-state index contributed by atoms with van der Waals surface area (Å²) >= 11 is 5.83. The van der Waals surface area contributed by atoms with Crippen LogP contribution in [0, 0.1) is 0 Å². The van der Waals surface area contributed by atoms with Gasteiger partial charge in [-0.3, -0.25) is 0 Å². The average Bonchev–Trinajstić information content (AvgIpc) is 2.42. The fraction of sp³-hybridized carbons (Fsp3) is 0.200. The van der Waals surface area contributed by atoms with E-state index in [1.165, 1.54) is 16.8 Å². The van der Waals surface area contributed by atoms with Gasteiger partial charge in [-0.05, 0) is 31.1 Å². The third kappa shape index (κ3) is 3.56. The monoisotopic (exact) mass is 262 g/mol. The van der Waals surface area contributed by atoms with Crippen molar-refractivity contribution in [1.82, 2.24) is 0 Å². The van der Waals surface area contributed by atoms with Crippen molar-refractivity contribution in [3.05, 3.63) is 60.7 Å². The van der Waals surface area contributed by atoms with Gasteiger partial charge in [0.15, 0.2) is 0 Å². The molecule has 2 heteroatoms. The summed E-state index contributed by atoms with van der Waals surface area (Å²) in [6.07, 6.45) is 2.25. The summed E-state index contributed by atoms with van der Waals surface area (Å²) in [6, 6.07) is 21.5. The van der Waals surface area contributed by atoms with Crippen LogP contribution in [0.2, 0.25) is 0 Å². The lowest BCUT2D eigenvalue weighted by atomic mass is 10.4. The number of hydrogen-bond acceptors (Lipinski definition) is 0. The Morgan fingerprint density at radius 3 is 1.65 bits per heavy atom. The van der Waals surface area contributed by atoms with Gasteiger partial charge in [-0.15, -0.1) is 11.6 Å². The zero-order valence-electron chi connectivity index (χ0n) is 9.72. The van der Waals surface area contributed by atoms with Crippen LogP contribution in [-0.2, 0) is 0 Å². The largest absolute Gasteiger partial charge is 0.127 e. The Labute approximate surface area is 109 Å². The van der Waals surface area contributed by atoms with Crippen LogP contribution in [0.5, 0.6) is 0 Å². The summed E-state index contributed by atoms with van der Waals surface area (Å²) in [5, 5.41) is 2.89. The van der Waals surface area contributed by atoms with E-state index in [0.717, 1.165) is 12.3 Å². The molecular formula is C15H16ClP. The van der Waals surface area contributed by atoms with Gasteiger partial charge in [-0.1, -0.05) is 60.7 Å². The van der Waals surface area contributed by atoms with Gasteiger partial charge in [0.1, 0.15) is 0 Å². The molecule has 0 aliphatic carbocycles. The van der Waals surface area contributed by atoms with E-state index in [4.69, 9.17) is 11.6 Å². The Kier molecular flexibility index (Phi) is 5.04. The zero-order chi connectivity index (χ0) is 11.9. The molecule has 0 fully saturated rings. The van der Waals surface area contributed by atoms with Crippen LogP contribution < -0.4 is 10.6 Å². The summed E-state index contributed by atoms with van der Waals surface area (Å²) in [5.41, 5.74) is 0. The molecule has 0 atom stereocenters. The predicted molar refractivity (Wildman–Crippen MR) is 79.3 cm³/mol. The topological polar surface area (TPSA) is 0 Å². The quantitative estimate of drug-likeness (QED) is 0.569. The number of hydrogen-bond donors (Lipinski definition) is 0. The third-order valence-corrected chi connectivity index (χ3v) is 5.52. The second-order valence-electron chi connectivity index (χ2n) is 3.87. The first-order valence-electron chi connectivity index (χ1n) is 5.85. The van der Waals surface area contributed by atoms with E-state index in [9.17, 15) is 0 Å². The van der Waals surface area contributed by atoms with E-state index in [2.05, 4.69) is 60.7 Å². The molecule has 17 heavy (non-hydrogen) atoms. The van der Waals surface area contributed by atoms with Crippen molar-refractivity contribution in [2.75, 3.05) is 12.0 Å². The minimum absolute atomic E-state index is 0.241. The molecule has 0 bridgehead atoms. The Balaban J connectivity index is 2.26. The SMILES string of the molecule is ClCCCP(c1ccccc1)c1ccccc1. The van der Waals surface area contributed by atoms with Crippen LogP contribution in [0.25, 0.3) is 0 Å². The molecule has 2 aromatic carbocycles. The van der Waals surface area contributed by atoms with Gasteiger partial charge >= 0.3 is 0 Å². The van der Waals surface area contributed by atoms with Crippen molar-refractivity contribution >= 4 is 30.1 Å². The van der Waals surface area contributed by atoms with Crippen LogP contribution in [-0.4, -0.2) is 12.0 Å². The maximum Gasteiger partial charge on any atom is 0.0227 e. The molecule has 0 nitrogen and oxygen atoms in total. The lowest BCUT2D eigenvalue weighted by Gasteiger charge is -2.18. The maximum atomic E-state index is 5.83. The van der Waals surface area contributed by atoms with Crippen molar-refractivity contribution in [2.24, 2.45) is 0 Å². The van der Waals surface area contributed by atoms with Crippen LogP contribution in [0.4, 0.5) is 0 Å². The molecule has 0 saturated heterocycles. The van der Waals surface area contributed by atoms with Gasteiger partial charge in [-0.2, -0.15) is 0 Å². The summed E-state index contributed by atoms with van der Waals surface area (Å²) in [4.78, 5) is 0. The van der Waals surface area contributed by atoms with E-state index in [0.29, 0.717) is 0 Å². The second kappa shape index (κ2) is 6.79. The number of halogens is 1. The fourth-order valence-corrected chi connectivity index (χ4v) is 4.51. The van der Waals surface area contributed by atoms with Gasteiger partial charge in [0, 0.05) is 5.88 Å². The van der Waals surface area contributed by atoms with Crippen LogP contribution in [0.1, 0.15) is 6.42 Å². The van der Waals surface area contributed by atoms with Gasteiger partial charge in [0.25, 0.3) is 0 Å². The van der Waals surface area contributed by atoms with Crippen LogP contribution >= 0.6 is 19.5 Å². The molecule has 0 aliphatic heterocycles. The molecule has 0 saturated carbocycles. The van der Waals surface area contributed by atoms with Gasteiger partial charge in [0.05, 0.1) is 0 Å². The highest BCUT2D eigenvalue weighted by Crippen LogP contribution is 2.34. The maximum absolute atomic E-state index is 5.83. The lowest BCUT2D eigenvalue weighted by Crippen LogP contribution is -2.13. The molecular weight excluding hydrogens is 247 g/mol. The number of benzene rings is 2. The summed E-state index contributed by atoms with van der Waals surface area (Å²) < 4.78 is 0. The number of rotatable bonds is 5. The van der Waals surface area contributed by atoms with E-state index in [-0.39, 0.29) is 7.92 Å². The van der Waals surface area contributed by atoms with Gasteiger partial charge in [0.2, 0.25) is 0 Å². The molecule has 0 spiro atoms. The Hall–Kier alpha value is -0.840. The molecule has 0 N–H and O–H groups in total. The van der Waals surface area contributed by atoms with E-state index >= 15 is 0 Å². The highest BCUT2D eigenvalue weighted by atomic mass is 35.5. The molecule has 0 aromatic heterocycles. The van der Waals surface area contributed by atoms with Crippen LogP contribution in [0.3, 0.4) is 0 Å². The first-order chi connectivity index (χ1) is 8.42. The minimum atomic E-state index is -0.241. The van der Waals surface area contributed by atoms with Crippen molar-refractivity contribution in [3.8, 4) is 0 Å². The smallest absolute Gasteiger partial charge is 0.0227 e. The highest BCUT2D eigenvalue weighted by molar-refractivity contribution is 7.73. The van der Waals surface area contributed by atoms with Crippen molar-refractivity contribution in [2.45, 2.75) is 6.42 Å². The minimum Gasteiger partial charge on any atom is -0.127 e. The fourth-order valence-electron chi connectivity index (χ4n) is 1.84. The molecule has 0 heterocycles.